The van der Waals surface area contributed by atoms with Gasteiger partial charge in [-0.3, -0.25) is 0 Å². The molecule has 1 rings (SSSR count). The summed E-state index contributed by atoms with van der Waals surface area (Å²) < 4.78 is 48.4. The second-order valence-corrected chi connectivity index (χ2v) is 4.25. The Bertz CT molecular complexity index is 457. The Hall–Kier alpha value is -1.50. The van der Waals surface area contributed by atoms with Crippen molar-refractivity contribution >= 4 is 17.6 Å². The molecule has 1 N–H and O–H groups in total. The predicted octanol–water partition coefficient (Wildman–Crippen LogP) is 2.89. The van der Waals surface area contributed by atoms with Gasteiger partial charge in [-0.05, 0) is 12.1 Å². The van der Waals surface area contributed by atoms with Gasteiger partial charge < -0.3 is 5.11 Å². The molecule has 1 unspecified atom stereocenters. The second-order valence-electron chi connectivity index (χ2n) is 3.35. The Kier molecular flexibility index (Phi) is 3.82. The maximum absolute atomic E-state index is 12.6. The van der Waals surface area contributed by atoms with Gasteiger partial charge in [-0.15, -0.1) is 0 Å². The molecule has 1 aromatic rings. The summed E-state index contributed by atoms with van der Waals surface area (Å²) in [5.41, 5.74) is -1.89. The fraction of sp³-hybridized carbons (Fsp3) is 0.300. The highest BCUT2D eigenvalue weighted by atomic mass is 32.1. The lowest BCUT2D eigenvalue weighted by atomic mass is 10.0. The first kappa shape index (κ1) is 13.6. The van der Waals surface area contributed by atoms with Gasteiger partial charge in [-0.1, -0.05) is 6.07 Å². The van der Waals surface area contributed by atoms with Crippen LogP contribution in [-0.4, -0.2) is 11.1 Å². The molecule has 0 saturated heterocycles. The molecule has 1 atom stereocenters. The topological polar surface area (TPSA) is 54.4 Å². The number of halogens is 3. The third-order valence-electron chi connectivity index (χ3n) is 2.19. The highest BCUT2D eigenvalue weighted by molar-refractivity contribution is 7.65. The van der Waals surface area contributed by atoms with E-state index in [9.17, 15) is 22.2 Å². The number of aromatic carboxylic acids is 1. The van der Waals surface area contributed by atoms with Crippen molar-refractivity contribution in [3.8, 4) is 0 Å². The van der Waals surface area contributed by atoms with Gasteiger partial charge in [0.25, 0.3) is 5.25 Å². The highest BCUT2D eigenvalue weighted by Gasteiger charge is 2.36. The first-order chi connectivity index (χ1) is 7.77. The van der Waals surface area contributed by atoms with E-state index in [1.165, 1.54) is 13.0 Å². The quantitative estimate of drug-likeness (QED) is 0.855. The van der Waals surface area contributed by atoms with E-state index in [4.69, 9.17) is 5.11 Å². The lowest BCUT2D eigenvalue weighted by Crippen LogP contribution is -2.13. The number of hydrogen-bond donors (Lipinski definition) is 1. The van der Waals surface area contributed by atoms with E-state index in [1.54, 1.807) is 0 Å². The number of carbonyl (C=O) groups is 1. The average Bonchev–Trinajstić information content (AvgIpc) is 2.25. The van der Waals surface area contributed by atoms with Crippen molar-refractivity contribution in [2.45, 2.75) is 18.3 Å². The van der Waals surface area contributed by atoms with E-state index in [2.05, 4.69) is 0 Å². The Morgan fingerprint density at radius 2 is 2.00 bits per heavy atom. The van der Waals surface area contributed by atoms with Gasteiger partial charge >= 0.3 is 23.8 Å². The molecule has 0 aliphatic carbocycles. The number of benzene rings is 1. The smallest absolute Gasteiger partial charge is 0.466 e. The molecule has 0 amide bonds. The zero-order chi connectivity index (χ0) is 13.2. The molecule has 3 nitrogen and oxygen atoms in total. The molecule has 1 aromatic carbocycles. The molecule has 0 aliphatic rings. The van der Waals surface area contributed by atoms with Crippen LogP contribution < -0.4 is 0 Å². The van der Waals surface area contributed by atoms with E-state index < -0.39 is 28.5 Å². The summed E-state index contributed by atoms with van der Waals surface area (Å²) in [7, 11) is 0. The molecule has 7 heteroatoms. The molecule has 0 saturated carbocycles. The highest BCUT2D eigenvalue weighted by Crippen LogP contribution is 2.34. The van der Waals surface area contributed by atoms with Crippen molar-refractivity contribution in [1.29, 1.82) is 0 Å². The summed E-state index contributed by atoms with van der Waals surface area (Å²) >= 11 is 0.147. The van der Waals surface area contributed by atoms with Crippen molar-refractivity contribution in [2.24, 2.45) is 0 Å². The van der Waals surface area contributed by atoms with Gasteiger partial charge in [0.05, 0.1) is 11.1 Å². The van der Waals surface area contributed by atoms with E-state index in [0.29, 0.717) is 6.07 Å². The summed E-state index contributed by atoms with van der Waals surface area (Å²) in [4.78, 5) is 10.7. The van der Waals surface area contributed by atoms with Gasteiger partial charge in [-0.2, -0.15) is 13.2 Å². The number of hydrogen-bond acceptors (Lipinski definition) is 2. The van der Waals surface area contributed by atoms with Crippen LogP contribution in [0.5, 0.6) is 0 Å². The normalized spacial score (nSPS) is 13.2. The molecule has 92 valence electrons. The van der Waals surface area contributed by atoms with E-state index in [-0.39, 0.29) is 17.2 Å². The minimum atomic E-state index is -4.75. The van der Waals surface area contributed by atoms with Crippen LogP contribution in [0.15, 0.2) is 18.2 Å². The van der Waals surface area contributed by atoms with Crippen LogP contribution in [0.2, 0.25) is 0 Å². The molecule has 0 fully saturated rings. The average molecular weight is 265 g/mol. The second kappa shape index (κ2) is 4.79. The third-order valence-corrected chi connectivity index (χ3v) is 2.75. The Morgan fingerprint density at radius 1 is 1.41 bits per heavy atom. The van der Waals surface area contributed by atoms with Gasteiger partial charge in [0.15, 0.2) is 0 Å². The summed E-state index contributed by atoms with van der Waals surface area (Å²) in [5.74, 6) is -1.65. The van der Waals surface area contributed by atoms with Crippen LogP contribution in [0.4, 0.5) is 13.2 Å². The third kappa shape index (κ3) is 3.00. The first-order valence-corrected chi connectivity index (χ1v) is 5.31. The molecular weight excluding hydrogens is 257 g/mol. The van der Waals surface area contributed by atoms with Crippen LogP contribution in [0.1, 0.15) is 33.7 Å². The van der Waals surface area contributed by atoms with Crippen molar-refractivity contribution in [2.75, 3.05) is 0 Å². The maximum atomic E-state index is 12.6. The summed E-state index contributed by atoms with van der Waals surface area (Å²) in [6, 6.07) is 2.79. The summed E-state index contributed by atoms with van der Waals surface area (Å²) in [5, 5.41) is 7.98. The number of rotatable bonds is 3. The zero-order valence-electron chi connectivity index (χ0n) is 8.62. The van der Waals surface area contributed by atoms with Gasteiger partial charge in [0.2, 0.25) is 0 Å². The van der Waals surface area contributed by atoms with E-state index >= 15 is 0 Å². The Morgan fingerprint density at radius 3 is 2.41 bits per heavy atom. The van der Waals surface area contributed by atoms with Gasteiger partial charge in [-0.25, -0.2) is 4.79 Å². The van der Waals surface area contributed by atoms with Crippen LogP contribution in [-0.2, 0) is 22.1 Å². The monoisotopic (exact) mass is 265 g/mol. The number of carboxylic acid groups (broad SMARTS) is 1. The fourth-order valence-electron chi connectivity index (χ4n) is 1.29. The summed E-state index contributed by atoms with van der Waals surface area (Å²) in [6.45, 7) is 1.45. The van der Waals surface area contributed by atoms with E-state index in [0.717, 1.165) is 6.07 Å². The molecule has 0 aromatic heterocycles. The fourth-order valence-corrected chi connectivity index (χ4v) is 1.55. The van der Waals surface area contributed by atoms with Crippen LogP contribution in [0.3, 0.4) is 0 Å². The van der Waals surface area contributed by atoms with Gasteiger partial charge in [0.1, 0.15) is 0 Å². The maximum Gasteiger partial charge on any atom is 0.466 e. The summed E-state index contributed by atoms with van der Waals surface area (Å²) in [6.07, 6.45) is -4.75. The molecule has 17 heavy (non-hydrogen) atoms. The molecule has 0 radical (unpaired) electrons. The molecule has 0 bridgehead atoms. The van der Waals surface area contributed by atoms with Crippen LogP contribution in [0, 0.1) is 0 Å². The predicted molar refractivity (Wildman–Crippen MR) is 54.9 cm³/mol. The molecular formula is C10H8F3O3S+. The molecule has 0 heterocycles. The lowest BCUT2D eigenvalue weighted by molar-refractivity contribution is -0.138. The zero-order valence-corrected chi connectivity index (χ0v) is 9.43. The molecule has 0 aliphatic heterocycles. The minimum absolute atomic E-state index is 0.147. The van der Waals surface area contributed by atoms with Gasteiger partial charge in [0, 0.05) is 16.7 Å². The van der Waals surface area contributed by atoms with Crippen molar-refractivity contribution < 1.29 is 27.3 Å². The van der Waals surface area contributed by atoms with E-state index in [1.807, 2.05) is 0 Å². The standard InChI is InChI=1S/C10H7F3O3S/c1-5(17-16)6-2-3-7(9(14)15)8(4-6)10(11,12)13/h2-5H,1H3/p+1. The largest absolute Gasteiger partial charge is 0.478 e. The van der Waals surface area contributed by atoms with Crippen LogP contribution in [0.25, 0.3) is 0 Å². The number of carboxylic acids is 1. The minimum Gasteiger partial charge on any atom is -0.478 e. The Labute approximate surface area is 98.7 Å². The van der Waals surface area contributed by atoms with Crippen molar-refractivity contribution in [1.82, 2.24) is 0 Å². The SMILES string of the molecule is CC([S+]=O)c1ccc(C(=O)O)c(C(F)(F)F)c1. The lowest BCUT2D eigenvalue weighted by Gasteiger charge is -2.11. The molecule has 0 spiro atoms. The first-order valence-electron chi connectivity index (χ1n) is 4.50. The van der Waals surface area contributed by atoms with Crippen LogP contribution >= 0.6 is 0 Å². The Balaban J connectivity index is 3.39. The van der Waals surface area contributed by atoms with Crippen molar-refractivity contribution in [3.63, 3.8) is 0 Å². The number of alkyl halides is 3. The van der Waals surface area contributed by atoms with Crippen molar-refractivity contribution in [3.05, 3.63) is 34.9 Å².